The molecule has 0 aliphatic carbocycles. The van der Waals surface area contributed by atoms with E-state index in [9.17, 15) is 0 Å². The smallest absolute Gasteiger partial charge is 0.0431 e. The Morgan fingerprint density at radius 2 is 1.60 bits per heavy atom. The second-order valence-electron chi connectivity index (χ2n) is 3.09. The van der Waals surface area contributed by atoms with Crippen molar-refractivity contribution in [2.75, 3.05) is 6.61 Å². The molecule has 2 heteroatoms. The Morgan fingerprint density at radius 1 is 1.00 bits per heavy atom. The number of aliphatic hydroxyl groups is 1. The van der Waals surface area contributed by atoms with Crippen LogP contribution in [0.5, 0.6) is 0 Å². The van der Waals surface area contributed by atoms with Crippen molar-refractivity contribution in [3.8, 4) is 0 Å². The minimum absolute atomic E-state index is 0.0158. The molecule has 0 saturated carbocycles. The molecule has 0 spiro atoms. The molecule has 1 N–H and O–H groups in total. The van der Waals surface area contributed by atoms with E-state index in [-0.39, 0.29) is 8.80 Å². The summed E-state index contributed by atoms with van der Waals surface area (Å²) in [6.07, 6.45) is 4.90. The molecule has 1 nitrogen and oxygen atoms in total. The molecule has 0 bridgehead atoms. The molecular formula is C8H19OSi. The lowest BCUT2D eigenvalue weighted by Crippen LogP contribution is -1.97. The first-order valence-electron chi connectivity index (χ1n) is 4.17. The summed E-state index contributed by atoms with van der Waals surface area (Å²) in [5, 5.41) is 8.48. The molecule has 0 aromatic rings. The van der Waals surface area contributed by atoms with E-state index in [4.69, 9.17) is 5.11 Å². The van der Waals surface area contributed by atoms with E-state index in [1.807, 2.05) is 0 Å². The molecule has 0 atom stereocenters. The third-order valence-corrected chi connectivity index (χ3v) is 2.94. The van der Waals surface area contributed by atoms with E-state index in [1.54, 1.807) is 0 Å². The van der Waals surface area contributed by atoms with Crippen molar-refractivity contribution < 1.29 is 5.11 Å². The average molecular weight is 159 g/mol. The predicted molar refractivity (Wildman–Crippen MR) is 47.8 cm³/mol. The van der Waals surface area contributed by atoms with Gasteiger partial charge < -0.3 is 5.11 Å². The maximum absolute atomic E-state index is 8.48. The quantitative estimate of drug-likeness (QED) is 0.466. The first kappa shape index (κ1) is 10.2. The van der Waals surface area contributed by atoms with Gasteiger partial charge >= 0.3 is 0 Å². The van der Waals surface area contributed by atoms with Gasteiger partial charge in [-0.1, -0.05) is 38.4 Å². The number of rotatable bonds is 6. The normalized spacial score (nSPS) is 10.8. The van der Waals surface area contributed by atoms with Crippen molar-refractivity contribution >= 4 is 8.80 Å². The predicted octanol–water partition coefficient (Wildman–Crippen LogP) is 2.29. The minimum atomic E-state index is 0.0158. The van der Waals surface area contributed by atoms with Gasteiger partial charge in [-0.2, -0.15) is 0 Å². The monoisotopic (exact) mass is 159 g/mol. The molecule has 0 heterocycles. The molecule has 10 heavy (non-hydrogen) atoms. The molecule has 0 amide bonds. The highest BCUT2D eigenvalue weighted by Crippen LogP contribution is 2.05. The van der Waals surface area contributed by atoms with Crippen molar-refractivity contribution in [1.82, 2.24) is 0 Å². The van der Waals surface area contributed by atoms with Crippen molar-refractivity contribution in [3.63, 3.8) is 0 Å². The van der Waals surface area contributed by atoms with Crippen LogP contribution in [-0.4, -0.2) is 20.5 Å². The van der Waals surface area contributed by atoms with Crippen LogP contribution < -0.4 is 0 Å². The Bertz CT molecular complexity index is 64.3. The fourth-order valence-corrected chi connectivity index (χ4v) is 1.90. The molecule has 0 aromatic carbocycles. The van der Waals surface area contributed by atoms with Crippen LogP contribution in [-0.2, 0) is 0 Å². The van der Waals surface area contributed by atoms with Crippen LogP contribution in [0.2, 0.25) is 19.1 Å². The van der Waals surface area contributed by atoms with Gasteiger partial charge in [-0.15, -0.1) is 0 Å². The summed E-state index contributed by atoms with van der Waals surface area (Å²) in [5.74, 6) is 0. The summed E-state index contributed by atoms with van der Waals surface area (Å²) in [7, 11) is 0.0158. The lowest BCUT2D eigenvalue weighted by molar-refractivity contribution is 0.283. The van der Waals surface area contributed by atoms with Gasteiger partial charge in [0.25, 0.3) is 0 Å². The molecule has 0 aliphatic rings. The van der Waals surface area contributed by atoms with E-state index >= 15 is 0 Å². The largest absolute Gasteiger partial charge is 0.396 e. The summed E-state index contributed by atoms with van der Waals surface area (Å²) in [6, 6.07) is 1.44. The van der Waals surface area contributed by atoms with Crippen LogP contribution in [0.15, 0.2) is 0 Å². The summed E-state index contributed by atoms with van der Waals surface area (Å²) in [6.45, 7) is 5.09. The van der Waals surface area contributed by atoms with Crippen LogP contribution in [0, 0.1) is 0 Å². The zero-order valence-electron chi connectivity index (χ0n) is 7.19. The Morgan fingerprint density at radius 3 is 2.10 bits per heavy atom. The Labute approximate surface area is 66.1 Å². The third kappa shape index (κ3) is 8.18. The van der Waals surface area contributed by atoms with Gasteiger partial charge in [-0.05, 0) is 6.42 Å². The van der Waals surface area contributed by atoms with Gasteiger partial charge in [0, 0.05) is 15.4 Å². The molecular weight excluding hydrogens is 140 g/mol. The highest BCUT2D eigenvalue weighted by molar-refractivity contribution is 6.55. The van der Waals surface area contributed by atoms with Crippen LogP contribution >= 0.6 is 0 Å². The summed E-state index contributed by atoms with van der Waals surface area (Å²) in [5.41, 5.74) is 0. The maximum Gasteiger partial charge on any atom is 0.0431 e. The SMILES string of the molecule is C[Si](C)CCCCCCO. The maximum atomic E-state index is 8.48. The first-order chi connectivity index (χ1) is 4.77. The van der Waals surface area contributed by atoms with Crippen molar-refractivity contribution in [3.05, 3.63) is 0 Å². The second kappa shape index (κ2) is 7.29. The number of aliphatic hydroxyl groups excluding tert-OH is 1. The first-order valence-corrected chi connectivity index (χ1v) is 6.88. The van der Waals surface area contributed by atoms with Crippen LogP contribution in [0.1, 0.15) is 25.7 Å². The van der Waals surface area contributed by atoms with Gasteiger partial charge in [0.1, 0.15) is 0 Å². The second-order valence-corrected chi connectivity index (χ2v) is 6.01. The number of hydrogen-bond acceptors (Lipinski definition) is 1. The third-order valence-electron chi connectivity index (χ3n) is 1.58. The van der Waals surface area contributed by atoms with Crippen LogP contribution in [0.3, 0.4) is 0 Å². The number of hydrogen-bond donors (Lipinski definition) is 1. The van der Waals surface area contributed by atoms with Gasteiger partial charge in [0.15, 0.2) is 0 Å². The minimum Gasteiger partial charge on any atom is -0.396 e. The van der Waals surface area contributed by atoms with Gasteiger partial charge in [0.05, 0.1) is 0 Å². The molecule has 0 fully saturated rings. The molecule has 61 valence electrons. The van der Waals surface area contributed by atoms with E-state index in [0.29, 0.717) is 6.61 Å². The highest BCUT2D eigenvalue weighted by atomic mass is 28.3. The van der Waals surface area contributed by atoms with Gasteiger partial charge in [-0.3, -0.25) is 0 Å². The Balaban J connectivity index is 2.77. The van der Waals surface area contributed by atoms with Gasteiger partial charge in [-0.25, -0.2) is 0 Å². The fraction of sp³-hybridized carbons (Fsp3) is 1.00. The van der Waals surface area contributed by atoms with Crippen molar-refractivity contribution in [1.29, 1.82) is 0 Å². The standard InChI is InChI=1S/C8H19OSi/c1-10(2)8-6-4-3-5-7-9/h9H,3-8H2,1-2H3. The van der Waals surface area contributed by atoms with Crippen LogP contribution in [0.25, 0.3) is 0 Å². The molecule has 0 rings (SSSR count). The summed E-state index contributed by atoms with van der Waals surface area (Å²) < 4.78 is 0. The highest BCUT2D eigenvalue weighted by Gasteiger charge is 1.94. The van der Waals surface area contributed by atoms with E-state index in [1.165, 1.54) is 25.3 Å². The number of unbranched alkanes of at least 4 members (excludes halogenated alkanes) is 3. The topological polar surface area (TPSA) is 20.2 Å². The lowest BCUT2D eigenvalue weighted by atomic mass is 10.2. The van der Waals surface area contributed by atoms with Crippen LogP contribution in [0.4, 0.5) is 0 Å². The van der Waals surface area contributed by atoms with Crippen molar-refractivity contribution in [2.45, 2.75) is 44.8 Å². The Hall–Kier alpha value is 0.177. The van der Waals surface area contributed by atoms with E-state index < -0.39 is 0 Å². The summed E-state index contributed by atoms with van der Waals surface area (Å²) >= 11 is 0. The molecule has 0 aliphatic heterocycles. The van der Waals surface area contributed by atoms with Crippen molar-refractivity contribution in [2.24, 2.45) is 0 Å². The average Bonchev–Trinajstić information content (AvgIpc) is 1.87. The molecule has 0 saturated heterocycles. The molecule has 0 unspecified atom stereocenters. The zero-order chi connectivity index (χ0) is 7.82. The van der Waals surface area contributed by atoms with E-state index in [2.05, 4.69) is 13.1 Å². The zero-order valence-corrected chi connectivity index (χ0v) is 8.19. The Kier molecular flexibility index (Phi) is 7.41. The fourth-order valence-electron chi connectivity index (χ4n) is 0.944. The van der Waals surface area contributed by atoms with E-state index in [0.717, 1.165) is 6.42 Å². The molecule has 1 radical (unpaired) electrons. The molecule has 0 aromatic heterocycles. The van der Waals surface area contributed by atoms with Gasteiger partial charge in [0.2, 0.25) is 0 Å². The lowest BCUT2D eigenvalue weighted by Gasteiger charge is -2.01. The summed E-state index contributed by atoms with van der Waals surface area (Å²) in [4.78, 5) is 0.